The highest BCUT2D eigenvalue weighted by molar-refractivity contribution is 7.89. The molecule has 0 bridgehead atoms. The molecule has 0 aliphatic heterocycles. The summed E-state index contributed by atoms with van der Waals surface area (Å²) < 4.78 is 34.1. The standard InChI is InChI=1S/C18H31NO3S/c1-9-22-15-11-16(14(3)10-13(15)2)23(20,21)19-18(7,8)12-17(4,5)6/h10-11,19H,9,12H2,1-8H3. The second-order valence-electron chi connectivity index (χ2n) is 8.04. The highest BCUT2D eigenvalue weighted by Gasteiger charge is 2.31. The Morgan fingerprint density at radius 1 is 1.04 bits per heavy atom. The van der Waals surface area contributed by atoms with Crippen molar-refractivity contribution in [2.75, 3.05) is 6.61 Å². The van der Waals surface area contributed by atoms with Crippen LogP contribution in [0.5, 0.6) is 5.75 Å². The van der Waals surface area contributed by atoms with Gasteiger partial charge in [-0.3, -0.25) is 0 Å². The molecular formula is C18H31NO3S. The second kappa shape index (κ2) is 6.81. The molecule has 0 fully saturated rings. The Balaban J connectivity index is 3.21. The van der Waals surface area contributed by atoms with Crippen molar-refractivity contribution in [3.05, 3.63) is 23.3 Å². The molecule has 132 valence electrons. The molecule has 0 atom stereocenters. The molecule has 0 heterocycles. The first-order chi connectivity index (χ1) is 10.3. The average Bonchev–Trinajstić information content (AvgIpc) is 2.27. The maximum Gasteiger partial charge on any atom is 0.241 e. The lowest BCUT2D eigenvalue weighted by atomic mass is 9.82. The molecule has 0 amide bonds. The zero-order chi connectivity index (χ0) is 18.1. The van der Waals surface area contributed by atoms with Gasteiger partial charge in [0.05, 0.1) is 11.5 Å². The van der Waals surface area contributed by atoms with E-state index in [0.29, 0.717) is 12.4 Å². The highest BCUT2D eigenvalue weighted by atomic mass is 32.2. The third-order valence-electron chi connectivity index (χ3n) is 3.44. The summed E-state index contributed by atoms with van der Waals surface area (Å²) in [5.74, 6) is 0.618. The van der Waals surface area contributed by atoms with Crippen molar-refractivity contribution >= 4 is 10.0 Å². The average molecular weight is 342 g/mol. The van der Waals surface area contributed by atoms with E-state index in [4.69, 9.17) is 4.74 Å². The molecule has 1 aromatic rings. The lowest BCUT2D eigenvalue weighted by Gasteiger charge is -2.33. The molecule has 1 rings (SSSR count). The van der Waals surface area contributed by atoms with Gasteiger partial charge in [-0.05, 0) is 57.6 Å². The van der Waals surface area contributed by atoms with Crippen LogP contribution in [-0.2, 0) is 10.0 Å². The van der Waals surface area contributed by atoms with Crippen LogP contribution < -0.4 is 9.46 Å². The minimum absolute atomic E-state index is 0.0326. The minimum atomic E-state index is -3.61. The topological polar surface area (TPSA) is 55.4 Å². The molecule has 0 unspecified atom stereocenters. The van der Waals surface area contributed by atoms with Gasteiger partial charge in [-0.15, -0.1) is 0 Å². The number of nitrogens with one attached hydrogen (secondary N) is 1. The molecule has 0 aliphatic rings. The molecule has 0 spiro atoms. The molecule has 0 radical (unpaired) electrons. The molecule has 1 N–H and O–H groups in total. The fourth-order valence-corrected chi connectivity index (χ4v) is 4.85. The van der Waals surface area contributed by atoms with E-state index >= 15 is 0 Å². The second-order valence-corrected chi connectivity index (χ2v) is 9.69. The summed E-state index contributed by atoms with van der Waals surface area (Å²) in [7, 11) is -3.61. The van der Waals surface area contributed by atoms with Crippen LogP contribution in [0.25, 0.3) is 0 Å². The Bertz CT molecular complexity index is 656. The van der Waals surface area contributed by atoms with Crippen molar-refractivity contribution in [2.45, 2.75) is 72.2 Å². The summed E-state index contributed by atoms with van der Waals surface area (Å²) in [6, 6.07) is 3.49. The fourth-order valence-electron chi connectivity index (χ4n) is 3.19. The first-order valence-electron chi connectivity index (χ1n) is 8.05. The lowest BCUT2D eigenvalue weighted by molar-refractivity contribution is 0.269. The first kappa shape index (κ1) is 20.0. The lowest BCUT2D eigenvalue weighted by Crippen LogP contribution is -2.45. The van der Waals surface area contributed by atoms with Crippen molar-refractivity contribution in [3.63, 3.8) is 0 Å². The number of rotatable bonds is 6. The normalized spacial score (nSPS) is 13.2. The zero-order valence-corrected chi connectivity index (χ0v) is 16.5. The molecule has 0 aliphatic carbocycles. The summed E-state index contributed by atoms with van der Waals surface area (Å²) in [5.41, 5.74) is 1.17. The number of hydrogen-bond acceptors (Lipinski definition) is 3. The van der Waals surface area contributed by atoms with Crippen molar-refractivity contribution in [2.24, 2.45) is 5.41 Å². The van der Waals surface area contributed by atoms with Gasteiger partial charge in [0.1, 0.15) is 5.75 Å². The Morgan fingerprint density at radius 3 is 2.09 bits per heavy atom. The van der Waals surface area contributed by atoms with Crippen LogP contribution in [0.2, 0.25) is 0 Å². The van der Waals surface area contributed by atoms with Gasteiger partial charge < -0.3 is 4.74 Å². The van der Waals surface area contributed by atoms with Gasteiger partial charge in [0.2, 0.25) is 10.0 Å². The van der Waals surface area contributed by atoms with E-state index in [0.717, 1.165) is 17.5 Å². The fraction of sp³-hybridized carbons (Fsp3) is 0.667. The molecule has 0 aromatic heterocycles. The Labute approximate surface area is 141 Å². The quantitative estimate of drug-likeness (QED) is 0.844. The molecular weight excluding hydrogens is 310 g/mol. The van der Waals surface area contributed by atoms with Crippen molar-refractivity contribution in [1.29, 1.82) is 0 Å². The van der Waals surface area contributed by atoms with Crippen LogP contribution in [0.3, 0.4) is 0 Å². The van der Waals surface area contributed by atoms with E-state index in [1.807, 2.05) is 40.7 Å². The molecule has 1 aromatic carbocycles. The predicted octanol–water partition coefficient (Wildman–Crippen LogP) is 4.20. The molecule has 0 saturated carbocycles. The zero-order valence-electron chi connectivity index (χ0n) is 15.7. The van der Waals surface area contributed by atoms with Gasteiger partial charge in [-0.2, -0.15) is 0 Å². The largest absolute Gasteiger partial charge is 0.494 e. The highest BCUT2D eigenvalue weighted by Crippen LogP contribution is 2.30. The summed E-state index contributed by atoms with van der Waals surface area (Å²) in [6.45, 7) is 16.3. The number of sulfonamides is 1. The van der Waals surface area contributed by atoms with Crippen molar-refractivity contribution in [3.8, 4) is 5.75 Å². The third kappa shape index (κ3) is 5.81. The Morgan fingerprint density at radius 2 is 1.61 bits per heavy atom. The molecule has 5 heteroatoms. The van der Waals surface area contributed by atoms with Crippen molar-refractivity contribution in [1.82, 2.24) is 4.72 Å². The molecule has 0 saturated heterocycles. The van der Waals surface area contributed by atoms with Gasteiger partial charge in [-0.1, -0.05) is 26.8 Å². The Hall–Kier alpha value is -1.07. The van der Waals surface area contributed by atoms with Gasteiger partial charge >= 0.3 is 0 Å². The van der Waals surface area contributed by atoms with Crippen molar-refractivity contribution < 1.29 is 13.2 Å². The number of ether oxygens (including phenoxy) is 1. The number of benzene rings is 1. The summed E-state index contributed by atoms with van der Waals surface area (Å²) >= 11 is 0. The van der Waals surface area contributed by atoms with E-state index in [-0.39, 0.29) is 10.3 Å². The smallest absolute Gasteiger partial charge is 0.241 e. The van der Waals surface area contributed by atoms with Gasteiger partial charge in [0.15, 0.2) is 0 Å². The van der Waals surface area contributed by atoms with Gasteiger partial charge in [-0.25, -0.2) is 13.1 Å². The van der Waals surface area contributed by atoms with E-state index in [2.05, 4.69) is 25.5 Å². The van der Waals surface area contributed by atoms with E-state index in [9.17, 15) is 8.42 Å². The summed E-state index contributed by atoms with van der Waals surface area (Å²) in [5, 5.41) is 0. The molecule has 4 nitrogen and oxygen atoms in total. The van der Waals surface area contributed by atoms with E-state index in [1.54, 1.807) is 6.07 Å². The van der Waals surface area contributed by atoms with Crippen LogP contribution in [-0.4, -0.2) is 20.6 Å². The van der Waals surface area contributed by atoms with Crippen LogP contribution in [0, 0.1) is 19.3 Å². The molecule has 23 heavy (non-hydrogen) atoms. The maximum absolute atomic E-state index is 12.9. The summed E-state index contributed by atoms with van der Waals surface area (Å²) in [4.78, 5) is 0.286. The SMILES string of the molecule is CCOc1cc(S(=O)(=O)NC(C)(C)CC(C)(C)C)c(C)cc1C. The number of aryl methyl sites for hydroxylation is 2. The summed E-state index contributed by atoms with van der Waals surface area (Å²) in [6.07, 6.45) is 0.739. The van der Waals surface area contributed by atoms with Crippen LogP contribution in [0.1, 0.15) is 59.1 Å². The number of hydrogen-bond donors (Lipinski definition) is 1. The minimum Gasteiger partial charge on any atom is -0.494 e. The Kier molecular flexibility index (Phi) is 5.92. The monoisotopic (exact) mass is 341 g/mol. The maximum atomic E-state index is 12.9. The van der Waals surface area contributed by atoms with Gasteiger partial charge in [0, 0.05) is 11.6 Å². The van der Waals surface area contributed by atoms with E-state index < -0.39 is 15.6 Å². The van der Waals surface area contributed by atoms with E-state index in [1.165, 1.54) is 0 Å². The van der Waals surface area contributed by atoms with Gasteiger partial charge in [0.25, 0.3) is 0 Å². The van der Waals surface area contributed by atoms with Crippen LogP contribution >= 0.6 is 0 Å². The predicted molar refractivity (Wildman–Crippen MR) is 95.6 cm³/mol. The third-order valence-corrected chi connectivity index (χ3v) is 5.28. The van der Waals surface area contributed by atoms with Crippen LogP contribution in [0.4, 0.5) is 0 Å². The van der Waals surface area contributed by atoms with Crippen LogP contribution in [0.15, 0.2) is 17.0 Å². The first-order valence-corrected chi connectivity index (χ1v) is 9.54.